The molecule has 1 unspecified atom stereocenters. The number of halogens is 4. The molecule has 1 aliphatic heterocycles. The van der Waals surface area contributed by atoms with Gasteiger partial charge in [0.25, 0.3) is 0 Å². The molecule has 0 saturated carbocycles. The smallest absolute Gasteiger partial charge is 0.337 e. The van der Waals surface area contributed by atoms with Crippen molar-refractivity contribution in [3.05, 3.63) is 48.0 Å². The van der Waals surface area contributed by atoms with Crippen LogP contribution < -0.4 is 5.32 Å². The summed E-state index contributed by atoms with van der Waals surface area (Å²) in [4.78, 5) is 3.82. The van der Waals surface area contributed by atoms with Gasteiger partial charge in [0.1, 0.15) is 5.82 Å². The van der Waals surface area contributed by atoms with Crippen molar-refractivity contribution < 1.29 is 21.6 Å². The molecule has 6 nitrogen and oxygen atoms in total. The standard InChI is InChI=1S/C15H17F3N4O2S.ClH/c1-21-7-6-20-14(21)13-10-19-5-8-22(13)25(23,24)12-4-2-3-11(9-12)15(16,17)18;/h2-4,6-7,9,13,19H,5,8,10H2,1H3;1H. The third-order valence-electron chi connectivity index (χ3n) is 4.12. The summed E-state index contributed by atoms with van der Waals surface area (Å²) >= 11 is 0. The van der Waals surface area contributed by atoms with Crippen molar-refractivity contribution in [2.24, 2.45) is 7.05 Å². The second-order valence-electron chi connectivity index (χ2n) is 5.76. The van der Waals surface area contributed by atoms with E-state index in [-0.39, 0.29) is 23.8 Å². The molecular formula is C15H18ClF3N4O2S. The summed E-state index contributed by atoms with van der Waals surface area (Å²) in [5.41, 5.74) is -0.989. The van der Waals surface area contributed by atoms with Gasteiger partial charge >= 0.3 is 6.18 Å². The molecule has 0 bridgehead atoms. The van der Waals surface area contributed by atoms with Crippen molar-refractivity contribution in [1.29, 1.82) is 0 Å². The van der Waals surface area contributed by atoms with Crippen LogP contribution in [0.15, 0.2) is 41.6 Å². The lowest BCUT2D eigenvalue weighted by atomic mass is 10.2. The minimum atomic E-state index is -4.60. The van der Waals surface area contributed by atoms with E-state index in [4.69, 9.17) is 0 Å². The summed E-state index contributed by atoms with van der Waals surface area (Å²) in [5.74, 6) is 0.530. The van der Waals surface area contributed by atoms with Crippen LogP contribution >= 0.6 is 12.4 Å². The van der Waals surface area contributed by atoms with E-state index in [9.17, 15) is 21.6 Å². The van der Waals surface area contributed by atoms with Crippen LogP contribution in [0.5, 0.6) is 0 Å². The maximum atomic E-state index is 13.0. The maximum absolute atomic E-state index is 13.0. The summed E-state index contributed by atoms with van der Waals surface area (Å²) in [7, 11) is -2.35. The normalized spacial score (nSPS) is 19.2. The van der Waals surface area contributed by atoms with E-state index in [1.54, 1.807) is 24.0 Å². The summed E-state index contributed by atoms with van der Waals surface area (Å²) in [6, 6.07) is 3.23. The van der Waals surface area contributed by atoms with E-state index in [1.807, 2.05) is 0 Å². The molecule has 26 heavy (non-hydrogen) atoms. The van der Waals surface area contributed by atoms with E-state index in [0.717, 1.165) is 12.1 Å². The highest BCUT2D eigenvalue weighted by Crippen LogP contribution is 2.33. The van der Waals surface area contributed by atoms with Crippen molar-refractivity contribution in [3.8, 4) is 0 Å². The Kier molecular flexibility index (Phi) is 6.01. The summed E-state index contributed by atoms with van der Waals surface area (Å²) in [5, 5.41) is 3.10. The molecule has 144 valence electrons. The minimum Gasteiger partial charge on any atom is -0.337 e. The van der Waals surface area contributed by atoms with Crippen LogP contribution in [0, 0.1) is 0 Å². The molecule has 1 aliphatic rings. The molecule has 0 spiro atoms. The van der Waals surface area contributed by atoms with Gasteiger partial charge in [0.2, 0.25) is 10.0 Å². The number of sulfonamides is 1. The Morgan fingerprint density at radius 2 is 2.04 bits per heavy atom. The van der Waals surface area contributed by atoms with Gasteiger partial charge in [-0.2, -0.15) is 17.5 Å². The number of hydrogen-bond donors (Lipinski definition) is 1. The molecule has 1 saturated heterocycles. The molecule has 1 N–H and O–H groups in total. The lowest BCUT2D eigenvalue weighted by Crippen LogP contribution is -2.49. The van der Waals surface area contributed by atoms with Crippen LogP contribution in [0.25, 0.3) is 0 Å². The van der Waals surface area contributed by atoms with E-state index in [1.165, 1.54) is 10.4 Å². The molecule has 2 aromatic rings. The number of nitrogens with zero attached hydrogens (tertiary/aromatic N) is 3. The van der Waals surface area contributed by atoms with Gasteiger partial charge in [0.05, 0.1) is 16.5 Å². The van der Waals surface area contributed by atoms with Gasteiger partial charge in [-0.1, -0.05) is 6.07 Å². The molecule has 0 amide bonds. The number of benzene rings is 1. The quantitative estimate of drug-likeness (QED) is 0.842. The first-order valence-electron chi connectivity index (χ1n) is 7.58. The van der Waals surface area contributed by atoms with Gasteiger partial charge in [-0.05, 0) is 18.2 Å². The van der Waals surface area contributed by atoms with Crippen LogP contribution in [0.1, 0.15) is 17.4 Å². The number of nitrogens with one attached hydrogen (secondary N) is 1. The first-order valence-corrected chi connectivity index (χ1v) is 9.02. The van der Waals surface area contributed by atoms with Crippen LogP contribution in [0.2, 0.25) is 0 Å². The molecule has 1 aromatic carbocycles. The van der Waals surface area contributed by atoms with E-state index >= 15 is 0 Å². The van der Waals surface area contributed by atoms with Crippen LogP contribution in [-0.2, 0) is 23.2 Å². The largest absolute Gasteiger partial charge is 0.416 e. The molecule has 11 heteroatoms. The lowest BCUT2D eigenvalue weighted by Gasteiger charge is -2.34. The predicted octanol–water partition coefficient (Wildman–Crippen LogP) is 2.20. The SMILES string of the molecule is Cl.Cn1ccnc1C1CNCCN1S(=O)(=O)c1cccc(C(F)(F)F)c1. The number of rotatable bonds is 3. The Balaban J connectivity index is 0.00000243. The van der Waals surface area contributed by atoms with Gasteiger partial charge in [0.15, 0.2) is 0 Å². The topological polar surface area (TPSA) is 67.2 Å². The molecule has 1 aromatic heterocycles. The molecule has 0 radical (unpaired) electrons. The van der Waals surface area contributed by atoms with Crippen molar-refractivity contribution in [3.63, 3.8) is 0 Å². The number of aryl methyl sites for hydroxylation is 1. The van der Waals surface area contributed by atoms with E-state index in [2.05, 4.69) is 10.3 Å². The van der Waals surface area contributed by atoms with Crippen molar-refractivity contribution in [1.82, 2.24) is 19.2 Å². The number of alkyl halides is 3. The average Bonchev–Trinajstić information content (AvgIpc) is 3.00. The number of piperazine rings is 1. The van der Waals surface area contributed by atoms with Crippen molar-refractivity contribution >= 4 is 22.4 Å². The Morgan fingerprint density at radius 1 is 1.31 bits per heavy atom. The molecule has 1 fully saturated rings. The highest BCUT2D eigenvalue weighted by Gasteiger charge is 2.38. The van der Waals surface area contributed by atoms with Crippen LogP contribution in [0.4, 0.5) is 13.2 Å². The second kappa shape index (κ2) is 7.55. The highest BCUT2D eigenvalue weighted by atomic mass is 35.5. The molecule has 3 rings (SSSR count). The Labute approximate surface area is 155 Å². The first kappa shape index (κ1) is 20.7. The van der Waals surface area contributed by atoms with Gasteiger partial charge in [-0.25, -0.2) is 13.4 Å². The summed E-state index contributed by atoms with van der Waals surface area (Å²) in [6.07, 6.45) is -1.36. The zero-order valence-electron chi connectivity index (χ0n) is 13.8. The summed E-state index contributed by atoms with van der Waals surface area (Å²) in [6.45, 7) is 0.901. The van der Waals surface area contributed by atoms with Gasteiger partial charge < -0.3 is 9.88 Å². The average molecular weight is 411 g/mol. The monoisotopic (exact) mass is 410 g/mol. The Hall–Kier alpha value is -1.62. The van der Waals surface area contributed by atoms with Crippen LogP contribution in [-0.4, -0.2) is 41.9 Å². The zero-order chi connectivity index (χ0) is 18.2. The fraction of sp³-hybridized carbons (Fsp3) is 0.400. The van der Waals surface area contributed by atoms with Crippen molar-refractivity contribution in [2.75, 3.05) is 19.6 Å². The molecule has 2 heterocycles. The summed E-state index contributed by atoms with van der Waals surface area (Å²) < 4.78 is 67.6. The van der Waals surface area contributed by atoms with Gasteiger partial charge in [0, 0.05) is 39.1 Å². The van der Waals surface area contributed by atoms with Crippen LogP contribution in [0.3, 0.4) is 0 Å². The molecular weight excluding hydrogens is 393 g/mol. The predicted molar refractivity (Wildman–Crippen MR) is 91.4 cm³/mol. The maximum Gasteiger partial charge on any atom is 0.416 e. The Morgan fingerprint density at radius 3 is 2.65 bits per heavy atom. The number of hydrogen-bond acceptors (Lipinski definition) is 4. The molecule has 1 atom stereocenters. The fourth-order valence-corrected chi connectivity index (χ4v) is 4.49. The lowest BCUT2D eigenvalue weighted by molar-refractivity contribution is -0.137. The Bertz CT molecular complexity index is 870. The third kappa shape index (κ3) is 3.88. The van der Waals surface area contributed by atoms with Gasteiger partial charge in [-0.15, -0.1) is 12.4 Å². The highest BCUT2D eigenvalue weighted by molar-refractivity contribution is 7.89. The zero-order valence-corrected chi connectivity index (χ0v) is 15.4. The fourth-order valence-electron chi connectivity index (χ4n) is 2.86. The van der Waals surface area contributed by atoms with Crippen molar-refractivity contribution in [2.45, 2.75) is 17.1 Å². The van der Waals surface area contributed by atoms with E-state index in [0.29, 0.717) is 25.0 Å². The second-order valence-corrected chi connectivity index (χ2v) is 7.65. The number of aromatic nitrogens is 2. The third-order valence-corrected chi connectivity index (χ3v) is 6.02. The first-order chi connectivity index (χ1) is 11.7. The minimum absolute atomic E-state index is 0. The number of imidazole rings is 1. The van der Waals surface area contributed by atoms with Gasteiger partial charge in [-0.3, -0.25) is 0 Å². The van der Waals surface area contributed by atoms with E-state index < -0.39 is 27.8 Å². The molecule has 0 aliphatic carbocycles.